The Morgan fingerprint density at radius 2 is 1.75 bits per heavy atom. The second-order valence-corrected chi connectivity index (χ2v) is 5.21. The molecule has 0 aromatic heterocycles. The van der Waals surface area contributed by atoms with Gasteiger partial charge in [0.25, 0.3) is 0 Å². The summed E-state index contributed by atoms with van der Waals surface area (Å²) in [5.74, 6) is 0.466. The van der Waals surface area contributed by atoms with Gasteiger partial charge in [0.15, 0.2) is 0 Å². The van der Waals surface area contributed by atoms with Crippen molar-refractivity contribution in [1.29, 1.82) is 0 Å². The highest BCUT2D eigenvalue weighted by atomic mass is 19.4. The van der Waals surface area contributed by atoms with Crippen LogP contribution in [0.5, 0.6) is 0 Å². The molecule has 0 spiro atoms. The first-order valence-corrected chi connectivity index (χ1v) is 6.58. The second-order valence-electron chi connectivity index (χ2n) is 5.21. The van der Waals surface area contributed by atoms with Crippen molar-refractivity contribution in [3.8, 4) is 0 Å². The fourth-order valence-corrected chi connectivity index (χ4v) is 2.86. The minimum Gasteiger partial charge on any atom is -0.171 e. The molecular formula is C13H23F3. The van der Waals surface area contributed by atoms with Gasteiger partial charge in [-0.2, -0.15) is 13.2 Å². The summed E-state index contributed by atoms with van der Waals surface area (Å²) in [7, 11) is 0. The lowest BCUT2D eigenvalue weighted by Gasteiger charge is -2.29. The number of halogens is 3. The number of unbranched alkanes of at least 4 members (excludes halogenated alkanes) is 2. The van der Waals surface area contributed by atoms with Gasteiger partial charge in [-0.1, -0.05) is 51.9 Å². The van der Waals surface area contributed by atoms with Gasteiger partial charge in [-0.3, -0.25) is 0 Å². The van der Waals surface area contributed by atoms with Gasteiger partial charge in [0.05, 0.1) is 0 Å². The molecule has 0 radical (unpaired) electrons. The SMILES string of the molecule is CCCCCC1CCCC(CC(F)(F)F)C1. The highest BCUT2D eigenvalue weighted by molar-refractivity contribution is 4.75. The van der Waals surface area contributed by atoms with E-state index in [4.69, 9.17) is 0 Å². The largest absolute Gasteiger partial charge is 0.389 e. The van der Waals surface area contributed by atoms with Crippen LogP contribution in [0.25, 0.3) is 0 Å². The molecule has 1 aliphatic carbocycles. The van der Waals surface area contributed by atoms with Crippen molar-refractivity contribution in [2.24, 2.45) is 11.8 Å². The maximum absolute atomic E-state index is 12.3. The molecule has 1 aliphatic rings. The maximum atomic E-state index is 12.3. The second kappa shape index (κ2) is 6.51. The Hall–Kier alpha value is -0.210. The number of hydrogen-bond acceptors (Lipinski definition) is 0. The van der Waals surface area contributed by atoms with E-state index in [1.54, 1.807) is 0 Å². The molecule has 0 heterocycles. The average molecular weight is 236 g/mol. The molecule has 3 heteroatoms. The molecule has 16 heavy (non-hydrogen) atoms. The monoisotopic (exact) mass is 236 g/mol. The minimum atomic E-state index is -3.96. The van der Waals surface area contributed by atoms with Crippen LogP contribution >= 0.6 is 0 Å². The van der Waals surface area contributed by atoms with Crippen LogP contribution in [0.2, 0.25) is 0 Å². The van der Waals surface area contributed by atoms with E-state index >= 15 is 0 Å². The number of hydrogen-bond donors (Lipinski definition) is 0. The summed E-state index contributed by atoms with van der Waals surface area (Å²) < 4.78 is 36.8. The van der Waals surface area contributed by atoms with E-state index in [-0.39, 0.29) is 5.92 Å². The van der Waals surface area contributed by atoms with Crippen LogP contribution in [0.1, 0.15) is 64.7 Å². The predicted octanol–water partition coefficient (Wildman–Crippen LogP) is 5.33. The number of alkyl halides is 3. The van der Waals surface area contributed by atoms with Gasteiger partial charge < -0.3 is 0 Å². The molecule has 0 N–H and O–H groups in total. The van der Waals surface area contributed by atoms with Crippen molar-refractivity contribution in [2.75, 3.05) is 0 Å². The van der Waals surface area contributed by atoms with Crippen LogP contribution in [0, 0.1) is 11.8 Å². The molecular weight excluding hydrogens is 213 g/mol. The van der Waals surface area contributed by atoms with Crippen molar-refractivity contribution < 1.29 is 13.2 Å². The van der Waals surface area contributed by atoms with Gasteiger partial charge in [-0.15, -0.1) is 0 Å². The van der Waals surface area contributed by atoms with E-state index in [1.807, 2.05) is 0 Å². The molecule has 2 unspecified atom stereocenters. The van der Waals surface area contributed by atoms with Crippen molar-refractivity contribution in [3.63, 3.8) is 0 Å². The van der Waals surface area contributed by atoms with Gasteiger partial charge in [0.2, 0.25) is 0 Å². The van der Waals surface area contributed by atoms with Crippen molar-refractivity contribution >= 4 is 0 Å². The standard InChI is InChI=1S/C13H23F3/c1-2-3-4-6-11-7-5-8-12(9-11)10-13(14,15)16/h11-12H,2-10H2,1H3. The van der Waals surface area contributed by atoms with Crippen LogP contribution in [-0.4, -0.2) is 6.18 Å². The van der Waals surface area contributed by atoms with Gasteiger partial charge in [0.1, 0.15) is 0 Å². The molecule has 0 saturated heterocycles. The lowest BCUT2D eigenvalue weighted by atomic mass is 9.77. The third-order valence-electron chi connectivity index (χ3n) is 3.63. The summed E-state index contributed by atoms with van der Waals surface area (Å²) in [6, 6.07) is 0. The Morgan fingerprint density at radius 3 is 2.38 bits per heavy atom. The van der Waals surface area contributed by atoms with Crippen molar-refractivity contribution in [1.82, 2.24) is 0 Å². The summed E-state index contributed by atoms with van der Waals surface area (Å²) in [4.78, 5) is 0. The van der Waals surface area contributed by atoms with E-state index in [1.165, 1.54) is 19.3 Å². The van der Waals surface area contributed by atoms with Crippen LogP contribution in [-0.2, 0) is 0 Å². The summed E-state index contributed by atoms with van der Waals surface area (Å²) >= 11 is 0. The van der Waals surface area contributed by atoms with Gasteiger partial charge in [0, 0.05) is 6.42 Å². The topological polar surface area (TPSA) is 0 Å². The highest BCUT2D eigenvalue weighted by Gasteiger charge is 2.34. The Bertz CT molecular complexity index is 186. The average Bonchev–Trinajstić information content (AvgIpc) is 2.16. The van der Waals surface area contributed by atoms with Crippen LogP contribution < -0.4 is 0 Å². The Labute approximate surface area is 96.6 Å². The van der Waals surface area contributed by atoms with Crippen LogP contribution in [0.3, 0.4) is 0 Å². The fourth-order valence-electron chi connectivity index (χ4n) is 2.86. The quantitative estimate of drug-likeness (QED) is 0.566. The predicted molar refractivity (Wildman–Crippen MR) is 60.3 cm³/mol. The Balaban J connectivity index is 2.24. The Kier molecular flexibility index (Phi) is 5.63. The van der Waals surface area contributed by atoms with E-state index in [9.17, 15) is 13.2 Å². The van der Waals surface area contributed by atoms with E-state index in [0.717, 1.165) is 32.1 Å². The molecule has 0 aliphatic heterocycles. The fraction of sp³-hybridized carbons (Fsp3) is 1.00. The van der Waals surface area contributed by atoms with Gasteiger partial charge >= 0.3 is 6.18 Å². The summed E-state index contributed by atoms with van der Waals surface area (Å²) in [5, 5.41) is 0. The zero-order chi connectivity index (χ0) is 12.0. The molecule has 1 fully saturated rings. The normalized spacial score (nSPS) is 27.0. The first-order valence-electron chi connectivity index (χ1n) is 6.58. The zero-order valence-corrected chi connectivity index (χ0v) is 10.2. The lowest BCUT2D eigenvalue weighted by Crippen LogP contribution is -2.21. The third-order valence-corrected chi connectivity index (χ3v) is 3.63. The molecule has 1 rings (SSSR count). The maximum Gasteiger partial charge on any atom is 0.389 e. The van der Waals surface area contributed by atoms with E-state index in [0.29, 0.717) is 5.92 Å². The lowest BCUT2D eigenvalue weighted by molar-refractivity contribution is -0.147. The number of rotatable bonds is 5. The molecule has 2 atom stereocenters. The molecule has 0 amide bonds. The van der Waals surface area contributed by atoms with Crippen molar-refractivity contribution in [2.45, 2.75) is 70.9 Å². The van der Waals surface area contributed by atoms with E-state index in [2.05, 4.69) is 6.92 Å². The molecule has 0 nitrogen and oxygen atoms in total. The highest BCUT2D eigenvalue weighted by Crippen LogP contribution is 2.38. The van der Waals surface area contributed by atoms with Crippen LogP contribution in [0.15, 0.2) is 0 Å². The summed E-state index contributed by atoms with van der Waals surface area (Å²) in [6.45, 7) is 2.16. The van der Waals surface area contributed by atoms with Crippen LogP contribution in [0.4, 0.5) is 13.2 Å². The van der Waals surface area contributed by atoms with Crippen molar-refractivity contribution in [3.05, 3.63) is 0 Å². The molecule has 96 valence electrons. The van der Waals surface area contributed by atoms with Gasteiger partial charge in [-0.25, -0.2) is 0 Å². The smallest absolute Gasteiger partial charge is 0.171 e. The van der Waals surface area contributed by atoms with E-state index < -0.39 is 12.6 Å². The summed E-state index contributed by atoms with van der Waals surface area (Å²) in [6.07, 6.45) is 3.97. The van der Waals surface area contributed by atoms with Gasteiger partial charge in [-0.05, 0) is 18.3 Å². The first-order chi connectivity index (χ1) is 7.51. The molecule has 1 saturated carbocycles. The molecule has 0 aromatic rings. The zero-order valence-electron chi connectivity index (χ0n) is 10.2. The first kappa shape index (κ1) is 13.9. The molecule has 0 aromatic carbocycles. The Morgan fingerprint density at radius 1 is 1.06 bits per heavy atom. The third kappa shape index (κ3) is 5.76. The molecule has 0 bridgehead atoms. The summed E-state index contributed by atoms with van der Waals surface area (Å²) in [5.41, 5.74) is 0. The minimum absolute atomic E-state index is 0.0969.